The standard InChI is InChI=1S/C20H22N2O3S/c1-20(2)16-13-15(11-12-17(16)21-19(20)23)24-18(22-25-26)10-6-9-14-7-4-3-5-8-14/h3-5,7-8,11-13,26H,6,9-10H2,1-2H3,(H,21,23). The number of hydrogen-bond donors (Lipinski definition) is 2. The molecule has 6 heteroatoms. The zero-order valence-electron chi connectivity index (χ0n) is 14.9. The van der Waals surface area contributed by atoms with Crippen LogP contribution in [0.1, 0.15) is 37.8 Å². The molecule has 2 aromatic rings. The summed E-state index contributed by atoms with van der Waals surface area (Å²) in [6.45, 7) is 3.79. The minimum Gasteiger partial charge on any atom is -0.440 e. The van der Waals surface area contributed by atoms with Crippen LogP contribution in [0.15, 0.2) is 53.7 Å². The molecular weight excluding hydrogens is 348 g/mol. The molecule has 1 N–H and O–H groups in total. The van der Waals surface area contributed by atoms with Crippen LogP contribution in [-0.4, -0.2) is 11.8 Å². The minimum atomic E-state index is -0.584. The van der Waals surface area contributed by atoms with Crippen molar-refractivity contribution in [2.45, 2.75) is 38.5 Å². The molecule has 0 saturated carbocycles. The van der Waals surface area contributed by atoms with Gasteiger partial charge < -0.3 is 14.3 Å². The summed E-state index contributed by atoms with van der Waals surface area (Å²) in [4.78, 5) is 12.1. The molecule has 0 saturated heterocycles. The molecule has 0 unspecified atom stereocenters. The van der Waals surface area contributed by atoms with Gasteiger partial charge >= 0.3 is 0 Å². The molecule has 0 spiro atoms. The number of benzene rings is 2. The lowest BCUT2D eigenvalue weighted by molar-refractivity contribution is -0.119. The number of hydrogen-bond acceptors (Lipinski definition) is 5. The Labute approximate surface area is 159 Å². The maximum atomic E-state index is 12.1. The first-order valence-corrected chi connectivity index (χ1v) is 8.92. The van der Waals surface area contributed by atoms with Crippen LogP contribution < -0.4 is 10.1 Å². The zero-order valence-corrected chi connectivity index (χ0v) is 15.8. The molecule has 3 rings (SSSR count). The number of amides is 1. The quantitative estimate of drug-likeness (QED) is 0.259. The number of thiol groups is 1. The number of aryl methyl sites for hydroxylation is 1. The highest BCUT2D eigenvalue weighted by atomic mass is 32.1. The van der Waals surface area contributed by atoms with Crippen LogP contribution in [0.4, 0.5) is 5.69 Å². The van der Waals surface area contributed by atoms with E-state index in [0.717, 1.165) is 24.1 Å². The van der Waals surface area contributed by atoms with Gasteiger partial charge in [0.15, 0.2) is 0 Å². The Morgan fingerprint density at radius 3 is 2.69 bits per heavy atom. The Hall–Kier alpha value is -2.47. The monoisotopic (exact) mass is 370 g/mol. The van der Waals surface area contributed by atoms with Crippen molar-refractivity contribution in [3.63, 3.8) is 0 Å². The number of anilines is 1. The number of rotatable bonds is 6. The molecule has 1 amide bonds. The predicted molar refractivity (Wildman–Crippen MR) is 106 cm³/mol. The van der Waals surface area contributed by atoms with Crippen LogP contribution >= 0.6 is 12.9 Å². The van der Waals surface area contributed by atoms with Gasteiger partial charge in [-0.05, 0) is 61.2 Å². The van der Waals surface area contributed by atoms with Gasteiger partial charge in [-0.25, -0.2) is 0 Å². The first-order valence-electron chi connectivity index (χ1n) is 8.56. The number of oxime groups is 1. The maximum Gasteiger partial charge on any atom is 0.234 e. The van der Waals surface area contributed by atoms with E-state index in [1.54, 1.807) is 0 Å². The second-order valence-corrected chi connectivity index (χ2v) is 6.96. The second kappa shape index (κ2) is 7.83. The largest absolute Gasteiger partial charge is 0.440 e. The highest BCUT2D eigenvalue weighted by Gasteiger charge is 2.38. The SMILES string of the molecule is CC1(C)C(=O)Nc2ccc(OC(CCCc3ccccc3)=NOS)cc21. The molecule has 0 aromatic heterocycles. The highest BCUT2D eigenvalue weighted by Crippen LogP contribution is 2.39. The molecule has 2 aromatic carbocycles. The van der Waals surface area contributed by atoms with Gasteiger partial charge in [-0.1, -0.05) is 30.3 Å². The molecule has 0 bridgehead atoms. The number of fused-ring (bicyclic) bond motifs is 1. The van der Waals surface area contributed by atoms with Gasteiger partial charge in [0.1, 0.15) is 5.75 Å². The van der Waals surface area contributed by atoms with E-state index in [1.165, 1.54) is 5.56 Å². The first kappa shape index (κ1) is 18.3. The van der Waals surface area contributed by atoms with E-state index < -0.39 is 5.41 Å². The van der Waals surface area contributed by atoms with E-state index in [2.05, 4.69) is 39.8 Å². The molecule has 0 radical (unpaired) electrons. The second-order valence-electron chi connectivity index (χ2n) is 6.79. The fourth-order valence-corrected chi connectivity index (χ4v) is 3.09. The Morgan fingerprint density at radius 2 is 1.96 bits per heavy atom. The number of carbonyl (C=O) groups is 1. The minimum absolute atomic E-state index is 0.0138. The predicted octanol–water partition coefficient (Wildman–Crippen LogP) is 4.49. The smallest absolute Gasteiger partial charge is 0.234 e. The number of nitrogens with zero attached hydrogens (tertiary/aromatic N) is 1. The Kier molecular flexibility index (Phi) is 5.52. The van der Waals surface area contributed by atoms with Crippen molar-refractivity contribution < 1.29 is 13.8 Å². The van der Waals surface area contributed by atoms with E-state index in [-0.39, 0.29) is 5.91 Å². The first-order chi connectivity index (χ1) is 12.5. The van der Waals surface area contributed by atoms with Gasteiger partial charge in [-0.2, -0.15) is 0 Å². The Bertz CT molecular complexity index is 819. The van der Waals surface area contributed by atoms with E-state index in [0.29, 0.717) is 18.1 Å². The van der Waals surface area contributed by atoms with Crippen molar-refractivity contribution in [1.82, 2.24) is 0 Å². The van der Waals surface area contributed by atoms with Gasteiger partial charge in [0.05, 0.1) is 18.3 Å². The topological polar surface area (TPSA) is 59.9 Å². The van der Waals surface area contributed by atoms with Gasteiger partial charge in [0.25, 0.3) is 0 Å². The van der Waals surface area contributed by atoms with Crippen LogP contribution in [0.5, 0.6) is 5.75 Å². The van der Waals surface area contributed by atoms with Crippen molar-refractivity contribution in [2.75, 3.05) is 5.32 Å². The summed E-state index contributed by atoms with van der Waals surface area (Å²) in [6.07, 6.45) is 2.41. The van der Waals surface area contributed by atoms with Crippen LogP contribution in [0.2, 0.25) is 0 Å². The van der Waals surface area contributed by atoms with Crippen LogP contribution in [0.3, 0.4) is 0 Å². The summed E-state index contributed by atoms with van der Waals surface area (Å²) in [5.41, 5.74) is 2.41. The molecule has 0 aliphatic carbocycles. The average Bonchev–Trinajstić information content (AvgIpc) is 2.85. The summed E-state index contributed by atoms with van der Waals surface area (Å²) in [6, 6.07) is 15.8. The molecule has 1 heterocycles. The summed E-state index contributed by atoms with van der Waals surface area (Å²) in [7, 11) is 0. The van der Waals surface area contributed by atoms with Crippen molar-refractivity contribution in [1.29, 1.82) is 0 Å². The van der Waals surface area contributed by atoms with Crippen LogP contribution in [0, 0.1) is 0 Å². The Morgan fingerprint density at radius 1 is 1.19 bits per heavy atom. The van der Waals surface area contributed by atoms with Gasteiger partial charge in [-0.15, -0.1) is 0 Å². The lowest BCUT2D eigenvalue weighted by Gasteiger charge is -2.16. The van der Waals surface area contributed by atoms with Crippen LogP contribution in [0.25, 0.3) is 0 Å². The zero-order chi connectivity index (χ0) is 18.6. The van der Waals surface area contributed by atoms with E-state index in [4.69, 9.17) is 4.74 Å². The van der Waals surface area contributed by atoms with Gasteiger partial charge in [0, 0.05) is 12.1 Å². The molecule has 1 aliphatic heterocycles. The van der Waals surface area contributed by atoms with E-state index in [1.807, 2.05) is 50.2 Å². The maximum absolute atomic E-state index is 12.1. The van der Waals surface area contributed by atoms with Crippen molar-refractivity contribution in [3.05, 3.63) is 59.7 Å². The van der Waals surface area contributed by atoms with E-state index in [9.17, 15) is 4.79 Å². The molecule has 136 valence electrons. The van der Waals surface area contributed by atoms with Crippen molar-refractivity contribution in [3.8, 4) is 5.75 Å². The third-order valence-electron chi connectivity index (χ3n) is 4.56. The molecule has 1 aliphatic rings. The van der Waals surface area contributed by atoms with E-state index >= 15 is 0 Å². The fraction of sp³-hybridized carbons (Fsp3) is 0.300. The molecule has 5 nitrogen and oxygen atoms in total. The molecule has 26 heavy (non-hydrogen) atoms. The lowest BCUT2D eigenvalue weighted by atomic mass is 9.86. The molecule has 0 fully saturated rings. The third-order valence-corrected chi connectivity index (χ3v) is 4.64. The summed E-state index contributed by atoms with van der Waals surface area (Å²) < 4.78 is 10.5. The van der Waals surface area contributed by atoms with Crippen molar-refractivity contribution in [2.24, 2.45) is 5.16 Å². The van der Waals surface area contributed by atoms with Gasteiger partial charge in [-0.3, -0.25) is 4.79 Å². The summed E-state index contributed by atoms with van der Waals surface area (Å²) in [5.74, 6) is 1.06. The lowest BCUT2D eigenvalue weighted by Crippen LogP contribution is -2.26. The normalized spacial score (nSPS) is 15.3. The van der Waals surface area contributed by atoms with Gasteiger partial charge in [0.2, 0.25) is 11.8 Å². The summed E-state index contributed by atoms with van der Waals surface area (Å²) in [5, 5.41) is 6.76. The average molecular weight is 370 g/mol. The van der Waals surface area contributed by atoms with Crippen LogP contribution in [-0.2, 0) is 20.9 Å². The summed E-state index contributed by atoms with van der Waals surface area (Å²) >= 11 is 3.70. The Balaban J connectivity index is 1.66. The fourth-order valence-electron chi connectivity index (χ4n) is 3.00. The highest BCUT2D eigenvalue weighted by molar-refractivity contribution is 7.75. The molecule has 0 atom stereocenters. The number of nitrogens with one attached hydrogen (secondary N) is 1. The third kappa shape index (κ3) is 4.02. The number of carbonyl (C=O) groups excluding carboxylic acids is 1. The number of ether oxygens (including phenoxy) is 1. The van der Waals surface area contributed by atoms with Crippen molar-refractivity contribution >= 4 is 30.4 Å². The molecular formula is C20H22N2O3S.